The summed E-state index contributed by atoms with van der Waals surface area (Å²) in [5.74, 6) is -0.0307. The Morgan fingerprint density at radius 1 is 1.14 bits per heavy atom. The van der Waals surface area contributed by atoms with Crippen molar-refractivity contribution in [3.8, 4) is 5.75 Å². The molecule has 0 aliphatic heterocycles. The maximum absolute atomic E-state index is 12.3. The average Bonchev–Trinajstić information content (AvgIpc) is 2.66. The number of aromatic hydroxyl groups is 1. The molecule has 0 unspecified atom stereocenters. The van der Waals surface area contributed by atoms with Crippen LogP contribution >= 0.6 is 0 Å². The number of phenolic OH excluding ortho intramolecular Hbond substituents is 1. The number of aryl methyl sites for hydroxylation is 2. The lowest BCUT2D eigenvalue weighted by atomic mass is 10.0. The first-order valence-electron chi connectivity index (χ1n) is 9.52. The highest BCUT2D eigenvalue weighted by atomic mass is 16.4. The van der Waals surface area contributed by atoms with E-state index in [1.54, 1.807) is 12.1 Å². The molecule has 1 aromatic heterocycles. The molecule has 0 aliphatic rings. The van der Waals surface area contributed by atoms with E-state index in [-0.39, 0.29) is 24.1 Å². The van der Waals surface area contributed by atoms with Crippen LogP contribution in [0.15, 0.2) is 57.7 Å². The second kappa shape index (κ2) is 8.74. The standard InChI is InChI=1S/C23H25NO4/c1-15(8-9-17-6-4-3-5-7-17)24-22(26)13-12-20-16(2)19-11-10-18(25)14-21(19)28-23(20)27/h3-7,10-11,14-15,25H,8-9,12-13H2,1-2H3,(H,24,26)/t15-/m0/s1. The first kappa shape index (κ1) is 19.7. The first-order valence-corrected chi connectivity index (χ1v) is 9.52. The lowest BCUT2D eigenvalue weighted by Crippen LogP contribution is -2.33. The molecule has 1 amide bonds. The largest absolute Gasteiger partial charge is 0.508 e. The number of benzene rings is 2. The van der Waals surface area contributed by atoms with Gasteiger partial charge in [0.25, 0.3) is 0 Å². The molecule has 3 aromatic rings. The fourth-order valence-corrected chi connectivity index (χ4v) is 3.36. The Kier molecular flexibility index (Phi) is 6.14. The molecule has 0 radical (unpaired) electrons. The SMILES string of the molecule is Cc1c(CCC(=O)N[C@@H](C)CCc2ccccc2)c(=O)oc2cc(O)ccc12. The van der Waals surface area contributed by atoms with Gasteiger partial charge in [-0.1, -0.05) is 30.3 Å². The van der Waals surface area contributed by atoms with Crippen LogP contribution in [0, 0.1) is 6.92 Å². The zero-order chi connectivity index (χ0) is 20.1. The summed E-state index contributed by atoms with van der Waals surface area (Å²) >= 11 is 0. The van der Waals surface area contributed by atoms with Gasteiger partial charge < -0.3 is 14.8 Å². The van der Waals surface area contributed by atoms with Crippen LogP contribution in [0.25, 0.3) is 11.0 Å². The van der Waals surface area contributed by atoms with Gasteiger partial charge in [0.1, 0.15) is 11.3 Å². The summed E-state index contributed by atoms with van der Waals surface area (Å²) in [6, 6.07) is 14.9. The number of phenols is 1. The summed E-state index contributed by atoms with van der Waals surface area (Å²) in [5, 5.41) is 13.3. The van der Waals surface area contributed by atoms with E-state index in [0.717, 1.165) is 23.8 Å². The van der Waals surface area contributed by atoms with Crippen molar-refractivity contribution < 1.29 is 14.3 Å². The average molecular weight is 379 g/mol. The molecule has 2 N–H and O–H groups in total. The lowest BCUT2D eigenvalue weighted by Gasteiger charge is -2.14. The van der Waals surface area contributed by atoms with Gasteiger partial charge in [0.05, 0.1) is 0 Å². The number of rotatable bonds is 7. The first-order chi connectivity index (χ1) is 13.4. The Balaban J connectivity index is 1.58. The van der Waals surface area contributed by atoms with E-state index in [0.29, 0.717) is 17.6 Å². The van der Waals surface area contributed by atoms with Crippen LogP contribution in [-0.4, -0.2) is 17.1 Å². The van der Waals surface area contributed by atoms with E-state index in [1.807, 2.05) is 32.0 Å². The van der Waals surface area contributed by atoms with Crippen LogP contribution in [0.4, 0.5) is 0 Å². The van der Waals surface area contributed by atoms with Crippen LogP contribution in [0.2, 0.25) is 0 Å². The molecule has 5 nitrogen and oxygen atoms in total. The molecule has 5 heteroatoms. The second-order valence-corrected chi connectivity index (χ2v) is 7.17. The van der Waals surface area contributed by atoms with E-state index < -0.39 is 5.63 Å². The molecule has 1 heterocycles. The van der Waals surface area contributed by atoms with Crippen LogP contribution < -0.4 is 10.9 Å². The summed E-state index contributed by atoms with van der Waals surface area (Å²) in [6.07, 6.45) is 2.31. The van der Waals surface area contributed by atoms with Gasteiger partial charge >= 0.3 is 5.63 Å². The third-order valence-electron chi connectivity index (χ3n) is 4.99. The summed E-state index contributed by atoms with van der Waals surface area (Å²) in [5.41, 5.74) is 2.44. The van der Waals surface area contributed by atoms with E-state index >= 15 is 0 Å². The fraction of sp³-hybridized carbons (Fsp3) is 0.304. The highest BCUT2D eigenvalue weighted by Gasteiger charge is 2.14. The van der Waals surface area contributed by atoms with Crippen LogP contribution in [-0.2, 0) is 17.6 Å². The number of nitrogens with one attached hydrogen (secondary N) is 1. The molecule has 0 fully saturated rings. The third-order valence-corrected chi connectivity index (χ3v) is 4.99. The molecule has 28 heavy (non-hydrogen) atoms. The van der Waals surface area contributed by atoms with E-state index in [4.69, 9.17) is 4.42 Å². The van der Waals surface area contributed by atoms with Gasteiger partial charge in [-0.05, 0) is 56.4 Å². The predicted molar refractivity (Wildman–Crippen MR) is 110 cm³/mol. The molecule has 2 aromatic carbocycles. The number of hydrogen-bond acceptors (Lipinski definition) is 4. The van der Waals surface area contributed by atoms with Crippen molar-refractivity contribution in [2.75, 3.05) is 0 Å². The van der Waals surface area contributed by atoms with Crippen molar-refractivity contribution in [1.82, 2.24) is 5.32 Å². The van der Waals surface area contributed by atoms with Gasteiger partial charge in [-0.25, -0.2) is 4.79 Å². The predicted octanol–water partition coefficient (Wildman–Crippen LogP) is 3.88. The highest BCUT2D eigenvalue weighted by Crippen LogP contribution is 2.23. The van der Waals surface area contributed by atoms with Crippen molar-refractivity contribution in [2.45, 2.75) is 45.6 Å². The third kappa shape index (κ3) is 4.80. The molecular weight excluding hydrogens is 354 g/mol. The van der Waals surface area contributed by atoms with Crippen LogP contribution in [0.5, 0.6) is 5.75 Å². The molecule has 0 saturated carbocycles. The Labute approximate surface area is 164 Å². The van der Waals surface area contributed by atoms with Gasteiger partial charge in [0.15, 0.2) is 0 Å². The number of amides is 1. The molecule has 0 spiro atoms. The fourth-order valence-electron chi connectivity index (χ4n) is 3.36. The van der Waals surface area contributed by atoms with Crippen molar-refractivity contribution in [3.63, 3.8) is 0 Å². The zero-order valence-electron chi connectivity index (χ0n) is 16.2. The van der Waals surface area contributed by atoms with Crippen LogP contribution in [0.3, 0.4) is 0 Å². The van der Waals surface area contributed by atoms with Crippen molar-refractivity contribution >= 4 is 16.9 Å². The summed E-state index contributed by atoms with van der Waals surface area (Å²) < 4.78 is 5.31. The Morgan fingerprint density at radius 2 is 1.89 bits per heavy atom. The topological polar surface area (TPSA) is 79.5 Å². The minimum absolute atomic E-state index is 0.0478. The molecule has 3 rings (SSSR count). The van der Waals surface area contributed by atoms with Crippen molar-refractivity contribution in [2.24, 2.45) is 0 Å². The number of hydrogen-bond donors (Lipinski definition) is 2. The van der Waals surface area contributed by atoms with Gasteiger partial charge in [0.2, 0.25) is 5.91 Å². The zero-order valence-corrected chi connectivity index (χ0v) is 16.2. The number of carbonyl (C=O) groups excluding carboxylic acids is 1. The number of carbonyl (C=O) groups is 1. The molecule has 0 aliphatic carbocycles. The number of fused-ring (bicyclic) bond motifs is 1. The Bertz CT molecular complexity index is 1020. The lowest BCUT2D eigenvalue weighted by molar-refractivity contribution is -0.121. The van der Waals surface area contributed by atoms with Crippen LogP contribution in [0.1, 0.15) is 36.5 Å². The summed E-state index contributed by atoms with van der Waals surface area (Å²) in [4.78, 5) is 24.6. The quantitative estimate of drug-likeness (QED) is 0.611. The van der Waals surface area contributed by atoms with Gasteiger partial charge in [0, 0.05) is 29.5 Å². The Morgan fingerprint density at radius 3 is 2.64 bits per heavy atom. The second-order valence-electron chi connectivity index (χ2n) is 7.17. The van der Waals surface area contributed by atoms with Gasteiger partial charge in [-0.15, -0.1) is 0 Å². The normalized spacial score (nSPS) is 12.1. The van der Waals surface area contributed by atoms with Crippen molar-refractivity contribution in [1.29, 1.82) is 0 Å². The molecular formula is C23H25NO4. The smallest absolute Gasteiger partial charge is 0.339 e. The van der Waals surface area contributed by atoms with Gasteiger partial charge in [-0.2, -0.15) is 0 Å². The van der Waals surface area contributed by atoms with E-state index in [2.05, 4.69) is 17.4 Å². The van der Waals surface area contributed by atoms with Gasteiger partial charge in [-0.3, -0.25) is 4.79 Å². The monoisotopic (exact) mass is 379 g/mol. The molecule has 0 bridgehead atoms. The summed E-state index contributed by atoms with van der Waals surface area (Å²) in [6.45, 7) is 3.83. The minimum atomic E-state index is -0.458. The summed E-state index contributed by atoms with van der Waals surface area (Å²) in [7, 11) is 0. The molecule has 0 saturated heterocycles. The highest BCUT2D eigenvalue weighted by molar-refractivity contribution is 5.82. The maximum Gasteiger partial charge on any atom is 0.339 e. The van der Waals surface area contributed by atoms with E-state index in [9.17, 15) is 14.7 Å². The molecule has 146 valence electrons. The maximum atomic E-state index is 12.3. The van der Waals surface area contributed by atoms with Crippen molar-refractivity contribution in [3.05, 3.63) is 75.6 Å². The minimum Gasteiger partial charge on any atom is -0.508 e. The van der Waals surface area contributed by atoms with E-state index in [1.165, 1.54) is 11.6 Å². The Hall–Kier alpha value is -3.08. The molecule has 1 atom stereocenters.